The van der Waals surface area contributed by atoms with Crippen molar-refractivity contribution in [3.05, 3.63) is 78.1 Å². The Morgan fingerprint density at radius 1 is 1.17 bits per heavy atom. The van der Waals surface area contributed by atoms with Crippen molar-refractivity contribution < 1.29 is 22.0 Å². The molecule has 1 N–H and O–H groups in total. The molecule has 9 heteroatoms. The van der Waals surface area contributed by atoms with Crippen molar-refractivity contribution in [3.8, 4) is 0 Å². The van der Waals surface area contributed by atoms with Gasteiger partial charge in [0, 0.05) is 12.1 Å². The van der Waals surface area contributed by atoms with E-state index in [0.717, 1.165) is 0 Å². The summed E-state index contributed by atoms with van der Waals surface area (Å²) in [5, 5.41) is 5.86. The SMILES string of the molecule is CCS(=O)(=O)Nc1cccc(C2=NN(C(=O)c3ccco3)[C@H](c3ccco3)C2)c1. The molecule has 3 heterocycles. The zero-order valence-electron chi connectivity index (χ0n) is 15.6. The largest absolute Gasteiger partial charge is 0.467 e. The molecule has 0 radical (unpaired) electrons. The Bertz CT molecular complexity index is 1130. The van der Waals surface area contributed by atoms with E-state index in [0.29, 0.717) is 29.1 Å². The van der Waals surface area contributed by atoms with Crippen molar-refractivity contribution in [2.75, 3.05) is 10.5 Å². The standard InChI is InChI=1S/C20H19N3O5S/c1-2-29(25,26)22-15-7-3-6-14(12-15)16-13-17(18-8-4-10-27-18)23(21-16)20(24)19-9-5-11-28-19/h3-12,17,22H,2,13H2,1H3/t17-/m0/s1. The highest BCUT2D eigenvalue weighted by molar-refractivity contribution is 7.92. The molecule has 1 amide bonds. The molecular formula is C20H19N3O5S. The highest BCUT2D eigenvalue weighted by atomic mass is 32.2. The number of hydrogen-bond donors (Lipinski definition) is 1. The van der Waals surface area contributed by atoms with E-state index in [1.165, 1.54) is 11.3 Å². The summed E-state index contributed by atoms with van der Waals surface area (Å²) in [4.78, 5) is 12.9. The van der Waals surface area contributed by atoms with Crippen molar-refractivity contribution >= 4 is 27.3 Å². The summed E-state index contributed by atoms with van der Waals surface area (Å²) in [7, 11) is -3.39. The number of amides is 1. The minimum Gasteiger partial charge on any atom is -0.467 e. The highest BCUT2D eigenvalue weighted by Crippen LogP contribution is 2.34. The van der Waals surface area contributed by atoms with Gasteiger partial charge < -0.3 is 8.83 Å². The summed E-state index contributed by atoms with van der Waals surface area (Å²) in [6.45, 7) is 1.57. The van der Waals surface area contributed by atoms with E-state index in [1.54, 1.807) is 55.7 Å². The van der Waals surface area contributed by atoms with Crippen LogP contribution in [0, 0.1) is 0 Å². The van der Waals surface area contributed by atoms with Crippen LogP contribution in [-0.4, -0.2) is 30.8 Å². The van der Waals surface area contributed by atoms with Crippen molar-refractivity contribution in [1.29, 1.82) is 0 Å². The predicted octanol–water partition coefficient (Wildman–Crippen LogP) is 3.63. The molecule has 3 aromatic rings. The Labute approximate surface area is 167 Å². The van der Waals surface area contributed by atoms with Crippen LogP contribution in [0.5, 0.6) is 0 Å². The minimum atomic E-state index is -3.39. The maximum absolute atomic E-state index is 12.9. The Balaban J connectivity index is 1.67. The number of furan rings is 2. The van der Waals surface area contributed by atoms with Crippen molar-refractivity contribution in [3.63, 3.8) is 0 Å². The lowest BCUT2D eigenvalue weighted by Crippen LogP contribution is -2.26. The molecule has 0 spiro atoms. The lowest BCUT2D eigenvalue weighted by atomic mass is 10.0. The molecule has 0 saturated carbocycles. The monoisotopic (exact) mass is 413 g/mol. The van der Waals surface area contributed by atoms with Gasteiger partial charge in [-0.1, -0.05) is 12.1 Å². The van der Waals surface area contributed by atoms with E-state index >= 15 is 0 Å². The Morgan fingerprint density at radius 3 is 2.66 bits per heavy atom. The summed E-state index contributed by atoms with van der Waals surface area (Å²) in [6, 6.07) is 13.3. The lowest BCUT2D eigenvalue weighted by molar-refractivity contribution is 0.0660. The van der Waals surface area contributed by atoms with Gasteiger partial charge in [0.25, 0.3) is 0 Å². The molecule has 0 fully saturated rings. The maximum Gasteiger partial charge on any atom is 0.310 e. The Hall–Kier alpha value is -3.33. The van der Waals surface area contributed by atoms with E-state index in [4.69, 9.17) is 8.83 Å². The summed E-state index contributed by atoms with van der Waals surface area (Å²) < 4.78 is 37.0. The summed E-state index contributed by atoms with van der Waals surface area (Å²) >= 11 is 0. The number of carbonyl (C=O) groups is 1. The highest BCUT2D eigenvalue weighted by Gasteiger charge is 2.36. The van der Waals surface area contributed by atoms with Crippen molar-refractivity contribution in [1.82, 2.24) is 5.01 Å². The summed E-state index contributed by atoms with van der Waals surface area (Å²) in [6.07, 6.45) is 3.39. The second kappa shape index (κ2) is 7.59. The topological polar surface area (TPSA) is 105 Å². The van der Waals surface area contributed by atoms with Gasteiger partial charge in [0.2, 0.25) is 10.0 Å². The van der Waals surface area contributed by atoms with Gasteiger partial charge in [0.1, 0.15) is 11.8 Å². The van der Waals surface area contributed by atoms with Crippen LogP contribution in [0.4, 0.5) is 5.69 Å². The van der Waals surface area contributed by atoms with E-state index in [9.17, 15) is 13.2 Å². The van der Waals surface area contributed by atoms with Crippen molar-refractivity contribution in [2.45, 2.75) is 19.4 Å². The van der Waals surface area contributed by atoms with Crippen LogP contribution in [0.15, 0.2) is 75.0 Å². The second-order valence-electron chi connectivity index (χ2n) is 6.50. The summed E-state index contributed by atoms with van der Waals surface area (Å²) in [5.41, 5.74) is 1.80. The smallest absolute Gasteiger partial charge is 0.310 e. The molecule has 0 saturated heterocycles. The molecule has 0 aliphatic carbocycles. The fraction of sp³-hybridized carbons (Fsp3) is 0.200. The van der Waals surface area contributed by atoms with E-state index in [-0.39, 0.29) is 17.4 Å². The maximum atomic E-state index is 12.9. The lowest BCUT2D eigenvalue weighted by Gasteiger charge is -2.18. The van der Waals surface area contributed by atoms with Crippen LogP contribution in [0.3, 0.4) is 0 Å². The van der Waals surface area contributed by atoms with Crippen LogP contribution in [-0.2, 0) is 10.0 Å². The molecular weight excluding hydrogens is 394 g/mol. The predicted molar refractivity (Wildman–Crippen MR) is 107 cm³/mol. The molecule has 1 aromatic carbocycles. The van der Waals surface area contributed by atoms with Crippen LogP contribution in [0.2, 0.25) is 0 Å². The number of benzene rings is 1. The van der Waals surface area contributed by atoms with Gasteiger partial charge in [0.05, 0.1) is 24.0 Å². The number of anilines is 1. The number of rotatable bonds is 6. The summed E-state index contributed by atoms with van der Waals surface area (Å²) in [5.74, 6) is 0.376. The Morgan fingerprint density at radius 2 is 1.97 bits per heavy atom. The average Bonchev–Trinajstić information content (AvgIpc) is 3.48. The van der Waals surface area contributed by atoms with Gasteiger partial charge >= 0.3 is 5.91 Å². The first kappa shape index (κ1) is 19.0. The van der Waals surface area contributed by atoms with Crippen LogP contribution >= 0.6 is 0 Å². The molecule has 29 heavy (non-hydrogen) atoms. The normalized spacial score (nSPS) is 16.7. The van der Waals surface area contributed by atoms with Gasteiger partial charge in [-0.3, -0.25) is 9.52 Å². The van der Waals surface area contributed by atoms with Gasteiger partial charge in [0.15, 0.2) is 5.76 Å². The van der Waals surface area contributed by atoms with Crippen LogP contribution in [0.1, 0.15) is 41.3 Å². The fourth-order valence-electron chi connectivity index (χ4n) is 3.10. The number of nitrogens with zero attached hydrogens (tertiary/aromatic N) is 2. The number of hydrogen-bond acceptors (Lipinski definition) is 6. The molecule has 8 nitrogen and oxygen atoms in total. The third-order valence-electron chi connectivity index (χ3n) is 4.57. The first-order valence-electron chi connectivity index (χ1n) is 9.05. The van der Waals surface area contributed by atoms with Crippen LogP contribution in [0.25, 0.3) is 0 Å². The third-order valence-corrected chi connectivity index (χ3v) is 5.88. The van der Waals surface area contributed by atoms with E-state index in [1.807, 2.05) is 6.07 Å². The van der Waals surface area contributed by atoms with E-state index < -0.39 is 16.1 Å². The molecule has 4 rings (SSSR count). The number of nitrogens with one attached hydrogen (secondary N) is 1. The van der Waals surface area contributed by atoms with Gasteiger partial charge in [-0.25, -0.2) is 13.4 Å². The second-order valence-corrected chi connectivity index (χ2v) is 8.51. The van der Waals surface area contributed by atoms with Gasteiger partial charge in [-0.2, -0.15) is 5.10 Å². The van der Waals surface area contributed by atoms with Crippen LogP contribution < -0.4 is 4.72 Å². The minimum absolute atomic E-state index is 0.0236. The van der Waals surface area contributed by atoms with E-state index in [2.05, 4.69) is 9.82 Å². The molecule has 1 aliphatic heterocycles. The molecule has 1 atom stereocenters. The Kier molecular flexibility index (Phi) is 4.98. The zero-order valence-corrected chi connectivity index (χ0v) is 16.4. The third kappa shape index (κ3) is 3.95. The number of hydrazone groups is 1. The molecule has 0 unspecified atom stereocenters. The van der Waals surface area contributed by atoms with Gasteiger partial charge in [-0.05, 0) is 48.9 Å². The average molecular weight is 413 g/mol. The first-order valence-corrected chi connectivity index (χ1v) is 10.7. The molecule has 2 aromatic heterocycles. The quantitative estimate of drug-likeness (QED) is 0.664. The first-order chi connectivity index (χ1) is 14.0. The number of sulfonamides is 1. The fourth-order valence-corrected chi connectivity index (χ4v) is 3.73. The molecule has 0 bridgehead atoms. The van der Waals surface area contributed by atoms with Gasteiger partial charge in [-0.15, -0.1) is 0 Å². The number of carbonyl (C=O) groups excluding carboxylic acids is 1. The van der Waals surface area contributed by atoms with Crippen molar-refractivity contribution in [2.24, 2.45) is 5.10 Å². The molecule has 1 aliphatic rings. The molecule has 150 valence electrons. The zero-order chi connectivity index (χ0) is 20.4.